The van der Waals surface area contributed by atoms with E-state index in [9.17, 15) is 22.4 Å². The lowest BCUT2D eigenvalue weighted by Gasteiger charge is -2.22. The Labute approximate surface area is 563 Å². The van der Waals surface area contributed by atoms with Crippen LogP contribution >= 0.6 is 11.6 Å². The minimum Gasteiger partial charge on any atom is -0.464 e. The molecule has 11 nitrogen and oxygen atoms in total. The van der Waals surface area contributed by atoms with Gasteiger partial charge in [-0.1, -0.05) is 193 Å². The zero-order valence-corrected chi connectivity index (χ0v) is 62.1. The summed E-state index contributed by atoms with van der Waals surface area (Å²) in [6, 6.07) is 23.9. The normalized spacial score (nSPS) is 11.8. The van der Waals surface area contributed by atoms with Gasteiger partial charge in [-0.15, -0.1) is 0 Å². The maximum Gasteiger partial charge on any atom is 0.433 e. The van der Waals surface area contributed by atoms with E-state index in [1.54, 1.807) is 18.5 Å². The van der Waals surface area contributed by atoms with Gasteiger partial charge in [0.15, 0.2) is 0 Å². The molecule has 7 aromatic rings. The molecule has 16 heteroatoms. The van der Waals surface area contributed by atoms with E-state index >= 15 is 0 Å². The highest BCUT2D eigenvalue weighted by molar-refractivity contribution is 6.29. The molecule has 0 amide bonds. The van der Waals surface area contributed by atoms with Crippen molar-refractivity contribution in [2.75, 3.05) is 31.8 Å². The molecule has 2 N–H and O–H groups in total. The second-order valence-electron chi connectivity index (χ2n) is 32.4. The molecule has 0 unspecified atom stereocenters. The maximum absolute atomic E-state index is 12.7. The minimum atomic E-state index is -4.35. The van der Waals surface area contributed by atoms with Crippen LogP contribution in [0, 0.1) is 57.6 Å². The van der Waals surface area contributed by atoms with Crippen molar-refractivity contribution < 1.29 is 27.1 Å². The number of pyridine rings is 7. The number of carbonyl (C=O) groups is 1. The van der Waals surface area contributed by atoms with Crippen LogP contribution in [0.5, 0.6) is 0 Å². The number of hydrogen-bond acceptors (Lipinski definition) is 11. The molecule has 0 aliphatic heterocycles. The highest BCUT2D eigenvalue weighted by Gasteiger charge is 2.32. The summed E-state index contributed by atoms with van der Waals surface area (Å²) in [6.07, 6.45) is 13.9. The van der Waals surface area contributed by atoms with E-state index in [2.05, 4.69) is 194 Å². The lowest BCUT2D eigenvalue weighted by atomic mass is 9.87. The van der Waals surface area contributed by atoms with E-state index in [4.69, 9.17) is 17.3 Å². The Morgan fingerprint density at radius 2 is 0.925 bits per heavy atom. The van der Waals surface area contributed by atoms with E-state index in [0.29, 0.717) is 38.3 Å². The van der Waals surface area contributed by atoms with Crippen molar-refractivity contribution in [2.45, 2.75) is 210 Å². The monoisotopic (exact) mass is 1310 g/mol. The van der Waals surface area contributed by atoms with Crippen LogP contribution in [0.4, 0.5) is 29.2 Å². The second-order valence-corrected chi connectivity index (χ2v) is 32.8. The summed E-state index contributed by atoms with van der Waals surface area (Å²) < 4.78 is 53.8. The van der Waals surface area contributed by atoms with Crippen LogP contribution in [-0.4, -0.2) is 62.1 Å². The molecule has 0 aromatic carbocycles. The van der Waals surface area contributed by atoms with Gasteiger partial charge in [0, 0.05) is 62.7 Å². The average molecular weight is 1310 g/mol. The molecule has 0 saturated carbocycles. The molecule has 93 heavy (non-hydrogen) atoms. The number of methoxy groups -OCH3 is 1. The van der Waals surface area contributed by atoms with E-state index < -0.39 is 17.8 Å². The molecular weight excluding hydrogens is 1190 g/mol. The van der Waals surface area contributed by atoms with Crippen molar-refractivity contribution in [1.82, 2.24) is 34.9 Å². The lowest BCUT2D eigenvalue weighted by molar-refractivity contribution is -0.141. The molecular formula is C77H114ClF4N9O2. The molecule has 0 bridgehead atoms. The maximum atomic E-state index is 12.7. The Morgan fingerprint density at radius 1 is 0.495 bits per heavy atom. The highest BCUT2D eigenvalue weighted by atomic mass is 35.5. The highest BCUT2D eigenvalue weighted by Crippen LogP contribution is 2.30. The van der Waals surface area contributed by atoms with Gasteiger partial charge in [-0.2, -0.15) is 13.2 Å². The van der Waals surface area contributed by atoms with Crippen molar-refractivity contribution in [3.63, 3.8) is 0 Å². The molecule has 0 fully saturated rings. The quantitative estimate of drug-likeness (QED) is 0.0837. The number of hydrogen-bond donors (Lipinski definition) is 1. The van der Waals surface area contributed by atoms with Crippen LogP contribution < -0.4 is 10.6 Å². The largest absolute Gasteiger partial charge is 0.464 e. The van der Waals surface area contributed by atoms with Gasteiger partial charge in [0.25, 0.3) is 0 Å². The predicted molar refractivity (Wildman–Crippen MR) is 381 cm³/mol. The first kappa shape index (κ1) is 84.1. The van der Waals surface area contributed by atoms with Crippen LogP contribution in [0.25, 0.3) is 0 Å². The number of nitrogens with zero attached hydrogens (tertiary/aromatic N) is 8. The van der Waals surface area contributed by atoms with Crippen LogP contribution in [0.1, 0.15) is 212 Å². The number of esters is 1. The zero-order chi connectivity index (χ0) is 71.6. The number of anilines is 2. The lowest BCUT2D eigenvalue weighted by Crippen LogP contribution is -2.17. The fraction of sp³-hybridized carbons (Fsp3) is 0.532. The van der Waals surface area contributed by atoms with Crippen molar-refractivity contribution in [1.29, 1.82) is 0 Å². The van der Waals surface area contributed by atoms with Crippen LogP contribution in [0.2, 0.25) is 5.15 Å². The fourth-order valence-electron chi connectivity index (χ4n) is 9.13. The van der Waals surface area contributed by atoms with E-state index in [0.717, 1.165) is 79.2 Å². The number of carbonyl (C=O) groups excluding carboxylic acids is 1. The molecule has 7 heterocycles. The number of nitrogens with two attached hydrogens (primary N) is 1. The van der Waals surface area contributed by atoms with Gasteiger partial charge in [-0.3, -0.25) is 15.0 Å². The Balaban J connectivity index is 0.000000543. The molecule has 0 aliphatic rings. The molecule has 514 valence electrons. The third-order valence-electron chi connectivity index (χ3n) is 12.5. The number of aromatic nitrogens is 7. The van der Waals surface area contributed by atoms with Crippen molar-refractivity contribution in [3.05, 3.63) is 195 Å². The first-order valence-electron chi connectivity index (χ1n) is 31.8. The van der Waals surface area contributed by atoms with Crippen LogP contribution in [0.3, 0.4) is 0 Å². The van der Waals surface area contributed by atoms with Crippen molar-refractivity contribution in [2.24, 2.45) is 37.9 Å². The topological polar surface area (TPSA) is 146 Å². The Hall–Kier alpha value is -6.87. The molecule has 0 atom stereocenters. The molecule has 0 spiro atoms. The molecule has 0 radical (unpaired) electrons. The van der Waals surface area contributed by atoms with Gasteiger partial charge in [0.1, 0.15) is 34.0 Å². The Morgan fingerprint density at radius 3 is 1.29 bits per heavy atom. The van der Waals surface area contributed by atoms with E-state index in [1.165, 1.54) is 59.6 Å². The standard InChI is InChI=1S/C12H20N2.C12H17NO2.C12H19N.C11H14F3N.C10H14ClN.C10H14FN.C10H16N2/c1-12(2,3)9-10-7-6-8-13-11(10)14(4)5;1-12(2,3)7-9-5-6-10(13-8-9)11(14)15-4;1-9-6-7-11(10(2)13-9)8-12(3,4)5;1-10(2,3)6-8-4-5-9(15-7-8)11(12,13)14;1-10(2,3)6-8-4-5-9(11)12-7-8;1-10(2,3)5-8-4-9(11)7-12-6-8;1-10(2,3)6-8-4-5-9(11)12-7-8/h6-8H,9H2,1-5H3;5-6,8H,7H2,1-4H3;6-7H,8H2,1-5H3;4-5,7H,6H2,1-3H3;4-5,7H,6H2,1-3H3;4,6-7H,5H2,1-3H3;4-5,7H,6H2,1-3H3,(H2,11,12). The third-order valence-corrected chi connectivity index (χ3v) is 12.7. The number of halogens is 5. The number of rotatable bonds is 9. The van der Waals surface area contributed by atoms with Gasteiger partial charge >= 0.3 is 12.1 Å². The molecule has 0 saturated heterocycles. The summed E-state index contributed by atoms with van der Waals surface area (Å²) in [7, 11) is 5.43. The molecule has 0 aliphatic carbocycles. The van der Waals surface area contributed by atoms with Crippen LogP contribution in [0.15, 0.2) is 122 Å². The first-order valence-corrected chi connectivity index (χ1v) is 32.2. The Kier molecular flexibility index (Phi) is 33.7. The summed E-state index contributed by atoms with van der Waals surface area (Å²) >= 11 is 5.67. The summed E-state index contributed by atoms with van der Waals surface area (Å²) in [5.41, 5.74) is 17.2. The van der Waals surface area contributed by atoms with Gasteiger partial charge in [-0.25, -0.2) is 29.1 Å². The average Bonchev–Trinajstić information content (AvgIpc) is 0.997. The minimum absolute atomic E-state index is 0.0570. The van der Waals surface area contributed by atoms with Gasteiger partial charge in [0.2, 0.25) is 0 Å². The van der Waals surface area contributed by atoms with Crippen LogP contribution in [-0.2, 0) is 55.9 Å². The third kappa shape index (κ3) is 42.2. The Bertz CT molecular complexity index is 3190. The number of nitrogen functional groups attached to an aromatic ring is 1. The summed E-state index contributed by atoms with van der Waals surface area (Å²) in [6.45, 7) is 49.9. The van der Waals surface area contributed by atoms with E-state index in [-0.39, 0.29) is 22.1 Å². The van der Waals surface area contributed by atoms with Crippen molar-refractivity contribution >= 4 is 29.2 Å². The van der Waals surface area contributed by atoms with E-state index in [1.807, 2.05) is 96.8 Å². The second kappa shape index (κ2) is 37.3. The van der Waals surface area contributed by atoms with Crippen molar-refractivity contribution in [3.8, 4) is 0 Å². The SMILES string of the molecule is CC(C)(C)Cc1ccc(C(F)(F)F)nc1.CC(C)(C)Cc1ccc(Cl)nc1.CC(C)(C)Cc1ccc(N)nc1.CC(C)(C)Cc1cncc(F)c1.CN(C)c1ncccc1CC(C)(C)C.COC(=O)c1ccc(CC(C)(C)C)cn1.Cc1ccc(CC(C)(C)C)c(C)n1. The van der Waals surface area contributed by atoms with Gasteiger partial charge in [0.05, 0.1) is 13.3 Å². The number of alkyl halides is 3. The van der Waals surface area contributed by atoms with Gasteiger partial charge < -0.3 is 15.4 Å². The fourth-order valence-corrected chi connectivity index (χ4v) is 9.24. The zero-order valence-electron chi connectivity index (χ0n) is 61.4. The summed E-state index contributed by atoms with van der Waals surface area (Å²) in [5, 5.41) is 0.563. The summed E-state index contributed by atoms with van der Waals surface area (Å²) in [5.74, 6) is 1.03. The number of ether oxygens (including phenoxy) is 1. The molecule has 7 rings (SSSR count). The number of aryl methyl sites for hydroxylation is 2. The first-order chi connectivity index (χ1) is 42.3. The molecule has 7 aromatic heterocycles. The smallest absolute Gasteiger partial charge is 0.433 e. The van der Waals surface area contributed by atoms with Gasteiger partial charge in [-0.05, 0) is 178 Å². The predicted octanol–water partition coefficient (Wildman–Crippen LogP) is 20.6. The summed E-state index contributed by atoms with van der Waals surface area (Å²) in [4.78, 5) is 41.4.